The maximum atomic E-state index is 11.6. The van der Waals surface area contributed by atoms with Gasteiger partial charge in [0.2, 0.25) is 0 Å². The van der Waals surface area contributed by atoms with Crippen molar-refractivity contribution in [1.29, 1.82) is 0 Å². The van der Waals surface area contributed by atoms with Gasteiger partial charge in [0.1, 0.15) is 12.4 Å². The van der Waals surface area contributed by atoms with Crippen LogP contribution in [0.3, 0.4) is 0 Å². The number of benzene rings is 1. The van der Waals surface area contributed by atoms with Crippen molar-refractivity contribution in [3.05, 3.63) is 28.8 Å². The fourth-order valence-corrected chi connectivity index (χ4v) is 5.51. The zero-order valence-corrected chi connectivity index (χ0v) is 16.3. The SMILES string of the molecule is CC(=O)OC[C@@]12CCCC(C)(C)[C@H]1CCc1cc(C(C)C)c(O)cc12. The van der Waals surface area contributed by atoms with Gasteiger partial charge < -0.3 is 9.84 Å². The molecule has 1 aromatic carbocycles. The second-order valence-electron chi connectivity index (χ2n) is 9.09. The third kappa shape index (κ3) is 3.07. The fraction of sp³-hybridized carbons (Fsp3) is 0.682. The van der Waals surface area contributed by atoms with Crippen LogP contribution in [0.4, 0.5) is 0 Å². The highest BCUT2D eigenvalue weighted by atomic mass is 16.5. The minimum Gasteiger partial charge on any atom is -0.508 e. The first-order chi connectivity index (χ1) is 11.7. The van der Waals surface area contributed by atoms with Crippen molar-refractivity contribution in [2.45, 2.75) is 78.1 Å². The average molecular weight is 344 g/mol. The Morgan fingerprint density at radius 1 is 1.32 bits per heavy atom. The first-order valence-electron chi connectivity index (χ1n) is 9.67. The third-order valence-electron chi connectivity index (χ3n) is 6.70. The molecule has 1 fully saturated rings. The highest BCUT2D eigenvalue weighted by Crippen LogP contribution is 2.58. The maximum absolute atomic E-state index is 11.6. The van der Waals surface area contributed by atoms with Crippen molar-refractivity contribution in [3.63, 3.8) is 0 Å². The molecular formula is C22H32O3. The lowest BCUT2D eigenvalue weighted by Gasteiger charge is -2.55. The summed E-state index contributed by atoms with van der Waals surface area (Å²) in [5.74, 6) is 0.951. The standard InChI is InChI=1S/C22H32O3/c1-14(2)17-11-16-7-8-20-21(4,5)9-6-10-22(20,13-25-15(3)23)18(16)12-19(17)24/h11-12,14,20,24H,6-10,13H2,1-5H3/t20-,22-/m1/s1. The second kappa shape index (κ2) is 6.34. The number of rotatable bonds is 3. The highest BCUT2D eigenvalue weighted by Gasteiger charge is 2.53. The van der Waals surface area contributed by atoms with E-state index >= 15 is 0 Å². The number of ether oxygens (including phenoxy) is 1. The number of aromatic hydroxyl groups is 1. The van der Waals surface area contributed by atoms with Crippen LogP contribution in [0.5, 0.6) is 5.75 Å². The molecule has 3 rings (SSSR count). The lowest BCUT2D eigenvalue weighted by molar-refractivity contribution is -0.146. The summed E-state index contributed by atoms with van der Waals surface area (Å²) in [5.41, 5.74) is 3.65. The van der Waals surface area contributed by atoms with Crippen LogP contribution in [-0.4, -0.2) is 17.7 Å². The number of aryl methyl sites for hydroxylation is 1. The smallest absolute Gasteiger partial charge is 0.302 e. The molecule has 2 atom stereocenters. The van der Waals surface area contributed by atoms with Gasteiger partial charge in [-0.2, -0.15) is 0 Å². The number of phenolic OH excluding ortho intramolecular Hbond substituents is 1. The molecule has 0 saturated heterocycles. The van der Waals surface area contributed by atoms with E-state index in [1.807, 2.05) is 6.07 Å². The molecule has 0 amide bonds. The van der Waals surface area contributed by atoms with Gasteiger partial charge in [0.15, 0.2) is 0 Å². The van der Waals surface area contributed by atoms with E-state index in [1.165, 1.54) is 24.5 Å². The molecule has 2 aliphatic carbocycles. The molecule has 1 N–H and O–H groups in total. The zero-order valence-electron chi connectivity index (χ0n) is 16.3. The monoisotopic (exact) mass is 344 g/mol. The Bertz CT molecular complexity index is 674. The molecule has 138 valence electrons. The Labute approximate surface area is 151 Å². The summed E-state index contributed by atoms with van der Waals surface area (Å²) in [6, 6.07) is 4.18. The van der Waals surface area contributed by atoms with Gasteiger partial charge in [-0.3, -0.25) is 4.79 Å². The molecule has 0 spiro atoms. The Morgan fingerprint density at radius 3 is 2.68 bits per heavy atom. The number of carbonyl (C=O) groups is 1. The number of carbonyl (C=O) groups excluding carboxylic acids is 1. The van der Waals surface area contributed by atoms with Crippen LogP contribution in [0.1, 0.15) is 82.9 Å². The van der Waals surface area contributed by atoms with Gasteiger partial charge in [-0.05, 0) is 65.7 Å². The quantitative estimate of drug-likeness (QED) is 0.777. The molecule has 3 nitrogen and oxygen atoms in total. The van der Waals surface area contributed by atoms with Crippen molar-refractivity contribution in [1.82, 2.24) is 0 Å². The van der Waals surface area contributed by atoms with Crippen LogP contribution in [-0.2, 0) is 21.4 Å². The van der Waals surface area contributed by atoms with Crippen molar-refractivity contribution < 1.29 is 14.6 Å². The zero-order chi connectivity index (χ0) is 18.4. The molecule has 0 heterocycles. The van der Waals surface area contributed by atoms with E-state index in [9.17, 15) is 9.90 Å². The number of hydrogen-bond acceptors (Lipinski definition) is 3. The molecule has 3 heteroatoms. The largest absolute Gasteiger partial charge is 0.508 e. The Hall–Kier alpha value is -1.51. The minimum absolute atomic E-state index is 0.159. The predicted molar refractivity (Wildman–Crippen MR) is 99.9 cm³/mol. The Morgan fingerprint density at radius 2 is 2.04 bits per heavy atom. The van der Waals surface area contributed by atoms with Crippen LogP contribution in [0.15, 0.2) is 12.1 Å². The lowest BCUT2D eigenvalue weighted by atomic mass is 9.49. The molecule has 0 aliphatic heterocycles. The first kappa shape index (κ1) is 18.3. The highest BCUT2D eigenvalue weighted by molar-refractivity contribution is 5.66. The second-order valence-corrected chi connectivity index (χ2v) is 9.09. The van der Waals surface area contributed by atoms with E-state index in [4.69, 9.17) is 4.74 Å². The predicted octanol–water partition coefficient (Wildman–Crippen LogP) is 5.09. The van der Waals surface area contributed by atoms with Gasteiger partial charge in [0.05, 0.1) is 0 Å². The van der Waals surface area contributed by atoms with E-state index in [1.54, 1.807) is 0 Å². The maximum Gasteiger partial charge on any atom is 0.302 e. The average Bonchev–Trinajstić information content (AvgIpc) is 2.52. The molecule has 2 aliphatic rings. The first-order valence-corrected chi connectivity index (χ1v) is 9.67. The van der Waals surface area contributed by atoms with E-state index in [0.29, 0.717) is 24.2 Å². The van der Waals surface area contributed by atoms with Gasteiger partial charge in [-0.25, -0.2) is 0 Å². The van der Waals surface area contributed by atoms with Crippen LogP contribution in [0.2, 0.25) is 0 Å². The number of fused-ring (bicyclic) bond motifs is 3. The summed E-state index contributed by atoms with van der Waals surface area (Å²) < 4.78 is 5.59. The number of phenols is 1. The minimum atomic E-state index is -0.216. The molecule has 0 bridgehead atoms. The molecule has 0 aromatic heterocycles. The Kier molecular flexibility index (Phi) is 4.63. The van der Waals surface area contributed by atoms with Crippen LogP contribution < -0.4 is 0 Å². The van der Waals surface area contributed by atoms with Crippen LogP contribution >= 0.6 is 0 Å². The van der Waals surface area contributed by atoms with Crippen molar-refractivity contribution in [2.75, 3.05) is 6.61 Å². The van der Waals surface area contributed by atoms with E-state index in [0.717, 1.165) is 31.2 Å². The topological polar surface area (TPSA) is 46.5 Å². The molecule has 0 radical (unpaired) electrons. The summed E-state index contributed by atoms with van der Waals surface area (Å²) in [6.45, 7) is 10.9. The summed E-state index contributed by atoms with van der Waals surface area (Å²) in [5, 5.41) is 10.6. The van der Waals surface area contributed by atoms with Gasteiger partial charge in [0, 0.05) is 12.3 Å². The number of esters is 1. The molecule has 0 unspecified atom stereocenters. The van der Waals surface area contributed by atoms with Crippen molar-refractivity contribution in [3.8, 4) is 5.75 Å². The van der Waals surface area contributed by atoms with Gasteiger partial charge >= 0.3 is 5.97 Å². The van der Waals surface area contributed by atoms with Gasteiger partial charge in [0.25, 0.3) is 0 Å². The van der Waals surface area contributed by atoms with E-state index < -0.39 is 0 Å². The summed E-state index contributed by atoms with van der Waals surface area (Å²) in [7, 11) is 0. The molecule has 1 saturated carbocycles. The molecule has 25 heavy (non-hydrogen) atoms. The normalized spacial score (nSPS) is 27.5. The summed E-state index contributed by atoms with van der Waals surface area (Å²) in [6.07, 6.45) is 5.55. The Balaban J connectivity index is 2.14. The van der Waals surface area contributed by atoms with Crippen molar-refractivity contribution >= 4 is 5.97 Å². The molecular weight excluding hydrogens is 312 g/mol. The summed E-state index contributed by atoms with van der Waals surface area (Å²) in [4.78, 5) is 11.6. The number of hydrogen-bond donors (Lipinski definition) is 1. The summed E-state index contributed by atoms with van der Waals surface area (Å²) >= 11 is 0. The van der Waals surface area contributed by atoms with Gasteiger partial charge in [-0.1, -0.05) is 40.2 Å². The van der Waals surface area contributed by atoms with Crippen LogP contribution in [0.25, 0.3) is 0 Å². The van der Waals surface area contributed by atoms with E-state index in [-0.39, 0.29) is 16.8 Å². The van der Waals surface area contributed by atoms with Crippen LogP contribution in [0, 0.1) is 11.3 Å². The van der Waals surface area contributed by atoms with Gasteiger partial charge in [-0.15, -0.1) is 0 Å². The van der Waals surface area contributed by atoms with E-state index in [2.05, 4.69) is 33.8 Å². The lowest BCUT2D eigenvalue weighted by Crippen LogP contribution is -2.52. The third-order valence-corrected chi connectivity index (χ3v) is 6.70. The molecule has 1 aromatic rings. The van der Waals surface area contributed by atoms with Crippen molar-refractivity contribution in [2.24, 2.45) is 11.3 Å². The fourth-order valence-electron chi connectivity index (χ4n) is 5.51.